The van der Waals surface area contributed by atoms with E-state index >= 15 is 0 Å². The van der Waals surface area contributed by atoms with Crippen LogP contribution in [0.3, 0.4) is 0 Å². The molecule has 0 aromatic heterocycles. The third-order valence-corrected chi connectivity index (χ3v) is 8.67. The van der Waals surface area contributed by atoms with Crippen molar-refractivity contribution in [3.8, 4) is 0 Å². The van der Waals surface area contributed by atoms with Gasteiger partial charge in [0.1, 0.15) is 0 Å². The maximum Gasteiger partial charge on any atom is 0.251 e. The first-order valence-electron chi connectivity index (χ1n) is 14.1. The molecule has 1 aromatic carbocycles. The highest BCUT2D eigenvalue weighted by Gasteiger charge is 2.29. The van der Waals surface area contributed by atoms with Crippen molar-refractivity contribution in [2.24, 2.45) is 0 Å². The Labute approximate surface area is 210 Å². The predicted octanol–water partition coefficient (Wildman–Crippen LogP) is 2.96. The van der Waals surface area contributed by atoms with Crippen LogP contribution in [0.25, 0.3) is 0 Å². The SMILES string of the molecule is O=C(NC1CCCCC1)c1ccc(N2CCN(CC(=O)N3CCN(C4CCCC4)CC3)CC2)cc1. The smallest absolute Gasteiger partial charge is 0.251 e. The number of carbonyl (C=O) groups excluding carboxylic acids is 2. The van der Waals surface area contributed by atoms with Gasteiger partial charge in [0.15, 0.2) is 0 Å². The van der Waals surface area contributed by atoms with Crippen molar-refractivity contribution in [2.45, 2.75) is 69.9 Å². The van der Waals surface area contributed by atoms with Crippen LogP contribution in [0.15, 0.2) is 24.3 Å². The third-order valence-electron chi connectivity index (χ3n) is 8.67. The van der Waals surface area contributed by atoms with Gasteiger partial charge in [0.25, 0.3) is 5.91 Å². The van der Waals surface area contributed by atoms with Crippen molar-refractivity contribution in [3.05, 3.63) is 29.8 Å². The molecule has 0 atom stereocenters. The molecule has 4 fully saturated rings. The minimum absolute atomic E-state index is 0.0517. The molecule has 7 heteroatoms. The maximum absolute atomic E-state index is 12.9. The molecule has 0 unspecified atom stereocenters. The average molecular weight is 482 g/mol. The Balaban J connectivity index is 1.03. The quantitative estimate of drug-likeness (QED) is 0.677. The average Bonchev–Trinajstić information content (AvgIpc) is 3.45. The molecule has 1 N–H and O–H groups in total. The van der Waals surface area contributed by atoms with E-state index in [1.807, 2.05) is 12.1 Å². The van der Waals surface area contributed by atoms with E-state index in [9.17, 15) is 9.59 Å². The second kappa shape index (κ2) is 11.7. The second-order valence-corrected chi connectivity index (χ2v) is 11.0. The Morgan fingerprint density at radius 1 is 0.743 bits per heavy atom. The lowest BCUT2D eigenvalue weighted by atomic mass is 9.95. The molecular weight excluding hydrogens is 438 g/mol. The zero-order valence-corrected chi connectivity index (χ0v) is 21.3. The van der Waals surface area contributed by atoms with Gasteiger partial charge in [0.2, 0.25) is 5.91 Å². The third kappa shape index (κ3) is 6.36. The van der Waals surface area contributed by atoms with E-state index in [4.69, 9.17) is 0 Å². The van der Waals surface area contributed by atoms with Gasteiger partial charge in [0.05, 0.1) is 6.54 Å². The highest BCUT2D eigenvalue weighted by atomic mass is 16.2. The van der Waals surface area contributed by atoms with Crippen LogP contribution in [0.4, 0.5) is 5.69 Å². The van der Waals surface area contributed by atoms with Gasteiger partial charge < -0.3 is 15.1 Å². The van der Waals surface area contributed by atoms with Crippen LogP contribution in [0.1, 0.15) is 68.1 Å². The van der Waals surface area contributed by atoms with Gasteiger partial charge in [-0.3, -0.25) is 19.4 Å². The van der Waals surface area contributed by atoms with Gasteiger partial charge in [-0.1, -0.05) is 32.1 Å². The molecule has 5 rings (SSSR count). The molecule has 2 saturated heterocycles. The first-order valence-corrected chi connectivity index (χ1v) is 14.1. The van der Waals surface area contributed by atoms with Crippen LogP contribution in [0.2, 0.25) is 0 Å². The largest absolute Gasteiger partial charge is 0.369 e. The zero-order chi connectivity index (χ0) is 24.0. The van der Waals surface area contributed by atoms with Crippen LogP contribution in [-0.2, 0) is 4.79 Å². The predicted molar refractivity (Wildman–Crippen MR) is 140 cm³/mol. The topological polar surface area (TPSA) is 59.1 Å². The van der Waals surface area contributed by atoms with Crippen LogP contribution in [-0.4, -0.2) is 97.5 Å². The fraction of sp³-hybridized carbons (Fsp3) is 0.714. The number of benzene rings is 1. The lowest BCUT2D eigenvalue weighted by Gasteiger charge is -2.40. The number of piperazine rings is 2. The molecule has 35 heavy (non-hydrogen) atoms. The molecule has 2 aliphatic carbocycles. The van der Waals surface area contributed by atoms with E-state index in [0.717, 1.165) is 82.5 Å². The van der Waals surface area contributed by atoms with Crippen LogP contribution in [0, 0.1) is 0 Å². The summed E-state index contributed by atoms with van der Waals surface area (Å²) in [4.78, 5) is 34.9. The number of anilines is 1. The van der Waals surface area contributed by atoms with Crippen molar-refractivity contribution < 1.29 is 9.59 Å². The molecule has 1 aromatic rings. The van der Waals surface area contributed by atoms with Gasteiger partial charge in [-0.2, -0.15) is 0 Å². The Morgan fingerprint density at radius 3 is 2.03 bits per heavy atom. The molecule has 2 amide bonds. The molecule has 2 aliphatic heterocycles. The first kappa shape index (κ1) is 24.6. The van der Waals surface area contributed by atoms with Gasteiger partial charge in [-0.25, -0.2) is 0 Å². The maximum atomic E-state index is 12.9. The van der Waals surface area contributed by atoms with Crippen molar-refractivity contribution in [2.75, 3.05) is 63.8 Å². The van der Waals surface area contributed by atoms with E-state index in [2.05, 4.69) is 37.0 Å². The summed E-state index contributed by atoms with van der Waals surface area (Å²) >= 11 is 0. The Kier molecular flexibility index (Phi) is 8.24. The molecular formula is C28H43N5O2. The van der Waals surface area contributed by atoms with Crippen LogP contribution < -0.4 is 10.2 Å². The van der Waals surface area contributed by atoms with Gasteiger partial charge >= 0.3 is 0 Å². The van der Waals surface area contributed by atoms with Crippen LogP contribution in [0.5, 0.6) is 0 Å². The lowest BCUT2D eigenvalue weighted by molar-refractivity contribution is -0.134. The molecule has 0 radical (unpaired) electrons. The number of hydrogen-bond acceptors (Lipinski definition) is 5. The number of nitrogens with zero attached hydrogens (tertiary/aromatic N) is 4. The molecule has 0 bridgehead atoms. The molecule has 2 heterocycles. The monoisotopic (exact) mass is 481 g/mol. The standard InChI is InChI=1S/C28H43N5O2/c34-27(33-20-18-32(19-21-33)25-8-4-5-9-25)22-30-14-16-31(17-15-30)26-12-10-23(11-13-26)28(35)29-24-6-2-1-3-7-24/h10-13,24-25H,1-9,14-22H2,(H,29,35). The van der Waals surface area contributed by atoms with Crippen LogP contribution >= 0.6 is 0 Å². The highest BCUT2D eigenvalue weighted by Crippen LogP contribution is 2.24. The number of rotatable bonds is 6. The number of carbonyl (C=O) groups is 2. The Bertz CT molecular complexity index is 831. The summed E-state index contributed by atoms with van der Waals surface area (Å²) < 4.78 is 0. The zero-order valence-electron chi connectivity index (χ0n) is 21.3. The van der Waals surface area contributed by atoms with E-state index in [-0.39, 0.29) is 11.8 Å². The summed E-state index contributed by atoms with van der Waals surface area (Å²) in [6.45, 7) is 8.02. The minimum atomic E-state index is 0.0517. The summed E-state index contributed by atoms with van der Waals surface area (Å²) in [5.41, 5.74) is 1.91. The van der Waals surface area contributed by atoms with Gasteiger partial charge in [0, 0.05) is 75.7 Å². The van der Waals surface area contributed by atoms with E-state index in [1.54, 1.807) is 0 Å². The van der Waals surface area contributed by atoms with Gasteiger partial charge in [-0.05, 0) is 49.9 Å². The summed E-state index contributed by atoms with van der Waals surface area (Å²) in [7, 11) is 0. The summed E-state index contributed by atoms with van der Waals surface area (Å²) in [5, 5.41) is 3.20. The number of hydrogen-bond donors (Lipinski definition) is 1. The summed E-state index contributed by atoms with van der Waals surface area (Å²) in [6.07, 6.45) is 11.4. The Morgan fingerprint density at radius 2 is 1.37 bits per heavy atom. The normalized spacial score (nSPS) is 23.5. The number of amides is 2. The van der Waals surface area contributed by atoms with E-state index in [1.165, 1.54) is 44.9 Å². The molecule has 4 aliphatic rings. The van der Waals surface area contributed by atoms with E-state index in [0.29, 0.717) is 12.6 Å². The van der Waals surface area contributed by atoms with Crippen molar-refractivity contribution >= 4 is 17.5 Å². The van der Waals surface area contributed by atoms with Gasteiger partial charge in [-0.15, -0.1) is 0 Å². The molecule has 2 saturated carbocycles. The second-order valence-electron chi connectivity index (χ2n) is 11.0. The summed E-state index contributed by atoms with van der Waals surface area (Å²) in [6, 6.07) is 9.15. The number of nitrogens with one attached hydrogen (secondary N) is 1. The fourth-order valence-electron chi connectivity index (χ4n) is 6.40. The molecule has 7 nitrogen and oxygen atoms in total. The van der Waals surface area contributed by atoms with E-state index < -0.39 is 0 Å². The van der Waals surface area contributed by atoms with Crippen molar-refractivity contribution in [1.82, 2.24) is 20.0 Å². The lowest BCUT2D eigenvalue weighted by Crippen LogP contribution is -2.55. The molecule has 192 valence electrons. The Hall–Kier alpha value is -2.12. The first-order chi connectivity index (χ1) is 17.2. The summed E-state index contributed by atoms with van der Waals surface area (Å²) in [5.74, 6) is 0.341. The highest BCUT2D eigenvalue weighted by molar-refractivity contribution is 5.94. The van der Waals surface area contributed by atoms with Crippen molar-refractivity contribution in [3.63, 3.8) is 0 Å². The molecule has 0 spiro atoms. The van der Waals surface area contributed by atoms with Crippen molar-refractivity contribution in [1.29, 1.82) is 0 Å². The fourth-order valence-corrected chi connectivity index (χ4v) is 6.40. The minimum Gasteiger partial charge on any atom is -0.369 e.